The van der Waals surface area contributed by atoms with Crippen molar-refractivity contribution >= 4 is 51.6 Å². The fourth-order valence-electron chi connectivity index (χ4n) is 1.96. The molecule has 2 saturated heterocycles. The predicted octanol–water partition coefficient (Wildman–Crippen LogP) is 2.20. The second-order valence-electron chi connectivity index (χ2n) is 4.07. The summed E-state index contributed by atoms with van der Waals surface area (Å²) in [4.78, 5) is 14.2. The third-order valence-corrected chi connectivity index (χ3v) is 4.96. The van der Waals surface area contributed by atoms with Crippen LogP contribution < -0.4 is 0 Å². The second kappa shape index (κ2) is 5.72. The van der Waals surface area contributed by atoms with E-state index >= 15 is 0 Å². The molecule has 0 aliphatic carbocycles. The zero-order valence-corrected chi connectivity index (χ0v) is 12.5. The van der Waals surface area contributed by atoms with Crippen LogP contribution in [0.4, 0.5) is 0 Å². The van der Waals surface area contributed by atoms with Crippen molar-refractivity contribution in [1.29, 1.82) is 0 Å². The predicted molar refractivity (Wildman–Crippen MR) is 81.7 cm³/mol. The number of rotatable bonds is 2. The van der Waals surface area contributed by atoms with Crippen molar-refractivity contribution in [2.45, 2.75) is 0 Å². The zero-order chi connectivity index (χ0) is 13.2. The van der Waals surface area contributed by atoms with Crippen LogP contribution in [0.1, 0.15) is 4.88 Å². The molecular weight excluding hydrogens is 300 g/mol. The number of thiophene rings is 1. The zero-order valence-electron chi connectivity index (χ0n) is 10.1. The number of nitrogens with zero attached hydrogens (tertiary/aromatic N) is 2. The molecule has 3 rings (SSSR count). The number of carbonyl (C=O) groups is 1. The molecule has 1 amide bonds. The minimum absolute atomic E-state index is 0.0229. The number of ether oxygens (including phenoxy) is 1. The van der Waals surface area contributed by atoms with Gasteiger partial charge in [-0.25, -0.2) is 10.0 Å². The van der Waals surface area contributed by atoms with E-state index in [1.165, 1.54) is 11.8 Å². The number of morpholine rings is 1. The Morgan fingerprint density at radius 2 is 2.16 bits per heavy atom. The molecule has 0 saturated carbocycles. The van der Waals surface area contributed by atoms with Crippen LogP contribution in [-0.4, -0.2) is 46.5 Å². The first-order valence-electron chi connectivity index (χ1n) is 5.90. The molecule has 7 heteroatoms. The number of hydrogen-bond acceptors (Lipinski definition) is 6. The van der Waals surface area contributed by atoms with Crippen LogP contribution in [-0.2, 0) is 9.53 Å². The van der Waals surface area contributed by atoms with Gasteiger partial charge in [-0.2, -0.15) is 0 Å². The van der Waals surface area contributed by atoms with E-state index in [0.29, 0.717) is 35.5 Å². The highest BCUT2D eigenvalue weighted by Gasteiger charge is 2.36. The van der Waals surface area contributed by atoms with E-state index in [0.717, 1.165) is 4.88 Å². The second-order valence-corrected chi connectivity index (χ2v) is 6.73. The molecule has 2 fully saturated rings. The Balaban J connectivity index is 1.80. The molecule has 1 aromatic rings. The van der Waals surface area contributed by atoms with Gasteiger partial charge in [-0.1, -0.05) is 30.0 Å². The molecule has 0 spiro atoms. The quantitative estimate of drug-likeness (QED) is 0.617. The van der Waals surface area contributed by atoms with Gasteiger partial charge in [0.25, 0.3) is 5.91 Å². The van der Waals surface area contributed by atoms with E-state index in [-0.39, 0.29) is 5.91 Å². The standard InChI is InChI=1S/C12H12N2O2S3/c15-11-10(8-9-2-1-7-18-9)19-12(17)14(11)13-3-5-16-6-4-13/h1-2,7-8H,3-6H2/b10-8+. The van der Waals surface area contributed by atoms with Crippen LogP contribution >= 0.6 is 35.3 Å². The molecule has 2 aliphatic heterocycles. The number of hydrogen-bond donors (Lipinski definition) is 0. The molecule has 0 radical (unpaired) electrons. The van der Waals surface area contributed by atoms with Gasteiger partial charge in [0.15, 0.2) is 4.32 Å². The van der Waals surface area contributed by atoms with E-state index in [4.69, 9.17) is 17.0 Å². The lowest BCUT2D eigenvalue weighted by Crippen LogP contribution is -2.50. The molecule has 0 unspecified atom stereocenters. The van der Waals surface area contributed by atoms with Gasteiger partial charge in [0, 0.05) is 18.0 Å². The van der Waals surface area contributed by atoms with Crippen LogP contribution in [0.25, 0.3) is 6.08 Å². The lowest BCUT2D eigenvalue weighted by molar-refractivity contribution is -0.138. The molecule has 100 valence electrons. The van der Waals surface area contributed by atoms with E-state index in [1.807, 2.05) is 28.6 Å². The first-order chi connectivity index (χ1) is 9.25. The first kappa shape index (κ1) is 13.3. The maximum absolute atomic E-state index is 12.4. The van der Waals surface area contributed by atoms with Crippen LogP contribution in [0.15, 0.2) is 22.4 Å². The average molecular weight is 312 g/mol. The summed E-state index contributed by atoms with van der Waals surface area (Å²) in [5.74, 6) is -0.0229. The van der Waals surface area contributed by atoms with Gasteiger partial charge in [0.05, 0.1) is 18.1 Å². The topological polar surface area (TPSA) is 32.8 Å². The van der Waals surface area contributed by atoms with Gasteiger partial charge in [0.2, 0.25) is 0 Å². The van der Waals surface area contributed by atoms with Crippen LogP contribution in [0.2, 0.25) is 0 Å². The minimum Gasteiger partial charge on any atom is -0.379 e. The third-order valence-electron chi connectivity index (χ3n) is 2.86. The van der Waals surface area contributed by atoms with Crippen molar-refractivity contribution in [3.63, 3.8) is 0 Å². The SMILES string of the molecule is O=C1/C(=C\c2cccs2)SC(=S)N1N1CCOCC1. The number of carbonyl (C=O) groups excluding carboxylic acids is 1. The van der Waals surface area contributed by atoms with Crippen LogP contribution in [0.5, 0.6) is 0 Å². The molecule has 0 aromatic carbocycles. The largest absolute Gasteiger partial charge is 0.379 e. The van der Waals surface area contributed by atoms with Crippen molar-refractivity contribution in [1.82, 2.24) is 10.0 Å². The normalized spacial score (nSPS) is 23.6. The highest BCUT2D eigenvalue weighted by Crippen LogP contribution is 2.34. The Kier molecular flexibility index (Phi) is 3.99. The molecule has 0 N–H and O–H groups in total. The fourth-order valence-corrected chi connectivity index (χ4v) is 3.99. The Morgan fingerprint density at radius 3 is 2.84 bits per heavy atom. The third kappa shape index (κ3) is 2.75. The molecule has 3 heterocycles. The Morgan fingerprint density at radius 1 is 1.37 bits per heavy atom. The lowest BCUT2D eigenvalue weighted by atomic mass is 10.4. The molecule has 1 aromatic heterocycles. The molecule has 2 aliphatic rings. The van der Waals surface area contributed by atoms with Crippen molar-refractivity contribution in [2.24, 2.45) is 0 Å². The summed E-state index contributed by atoms with van der Waals surface area (Å²) in [5.41, 5.74) is 0. The van der Waals surface area contributed by atoms with Gasteiger partial charge in [-0.15, -0.1) is 11.3 Å². The highest BCUT2D eigenvalue weighted by molar-refractivity contribution is 8.26. The first-order valence-corrected chi connectivity index (χ1v) is 8.00. The number of amides is 1. The van der Waals surface area contributed by atoms with Crippen LogP contribution in [0.3, 0.4) is 0 Å². The van der Waals surface area contributed by atoms with E-state index in [1.54, 1.807) is 16.3 Å². The smallest absolute Gasteiger partial charge is 0.280 e. The Labute approximate surface area is 125 Å². The summed E-state index contributed by atoms with van der Waals surface area (Å²) < 4.78 is 5.91. The summed E-state index contributed by atoms with van der Waals surface area (Å²) in [5, 5.41) is 5.58. The van der Waals surface area contributed by atoms with Gasteiger partial charge in [-0.3, -0.25) is 4.79 Å². The summed E-state index contributed by atoms with van der Waals surface area (Å²) in [6.45, 7) is 2.69. The van der Waals surface area contributed by atoms with E-state index in [2.05, 4.69) is 0 Å². The van der Waals surface area contributed by atoms with Gasteiger partial charge in [0.1, 0.15) is 0 Å². The van der Waals surface area contributed by atoms with E-state index in [9.17, 15) is 4.79 Å². The lowest BCUT2D eigenvalue weighted by Gasteiger charge is -2.33. The van der Waals surface area contributed by atoms with Crippen molar-refractivity contribution in [3.05, 3.63) is 27.3 Å². The number of thiocarbonyl (C=S) groups is 1. The average Bonchev–Trinajstić information content (AvgIpc) is 3.01. The minimum atomic E-state index is -0.0229. The maximum Gasteiger partial charge on any atom is 0.280 e. The van der Waals surface area contributed by atoms with E-state index < -0.39 is 0 Å². The number of thioether (sulfide) groups is 1. The molecule has 0 atom stereocenters. The van der Waals surface area contributed by atoms with Crippen molar-refractivity contribution < 1.29 is 9.53 Å². The fraction of sp³-hybridized carbons (Fsp3) is 0.333. The summed E-state index contributed by atoms with van der Waals surface area (Å²) >= 11 is 8.30. The van der Waals surface area contributed by atoms with Gasteiger partial charge in [-0.05, 0) is 17.5 Å². The Bertz CT molecular complexity index is 521. The van der Waals surface area contributed by atoms with Crippen molar-refractivity contribution in [3.8, 4) is 0 Å². The highest BCUT2D eigenvalue weighted by atomic mass is 32.2. The summed E-state index contributed by atoms with van der Waals surface area (Å²) in [6.07, 6.45) is 1.91. The Hall–Kier alpha value is -0.730. The number of hydrazine groups is 1. The monoisotopic (exact) mass is 312 g/mol. The molecule has 0 bridgehead atoms. The van der Waals surface area contributed by atoms with Crippen molar-refractivity contribution in [2.75, 3.05) is 26.3 Å². The molecular formula is C12H12N2O2S3. The molecule has 4 nitrogen and oxygen atoms in total. The van der Waals surface area contributed by atoms with Gasteiger partial charge < -0.3 is 4.74 Å². The maximum atomic E-state index is 12.4. The van der Waals surface area contributed by atoms with Crippen LogP contribution in [0, 0.1) is 0 Å². The summed E-state index contributed by atoms with van der Waals surface area (Å²) in [7, 11) is 0. The van der Waals surface area contributed by atoms with Gasteiger partial charge >= 0.3 is 0 Å². The summed E-state index contributed by atoms with van der Waals surface area (Å²) in [6, 6.07) is 3.96. The molecule has 19 heavy (non-hydrogen) atoms.